The quantitative estimate of drug-likeness (QED) is 0.801. The number of carbonyl (C=O) groups is 2. The van der Waals surface area contributed by atoms with E-state index in [2.05, 4.69) is 15.6 Å². The van der Waals surface area contributed by atoms with E-state index in [1.807, 2.05) is 51.0 Å². The SMILES string of the molecule is CCc1cccc(C)c1NC(=O)c1cncc(C(=O)NCCN(C)C)c1. The number of amides is 2. The van der Waals surface area contributed by atoms with Gasteiger partial charge in [0.2, 0.25) is 0 Å². The summed E-state index contributed by atoms with van der Waals surface area (Å²) in [6.07, 6.45) is 3.76. The first kappa shape index (κ1) is 19.6. The molecule has 0 aliphatic carbocycles. The predicted octanol–water partition coefficient (Wildman–Crippen LogP) is 2.50. The van der Waals surface area contributed by atoms with E-state index >= 15 is 0 Å². The molecule has 0 saturated heterocycles. The lowest BCUT2D eigenvalue weighted by Gasteiger charge is -2.13. The van der Waals surface area contributed by atoms with Gasteiger partial charge in [0, 0.05) is 31.2 Å². The molecular formula is C20H26N4O2. The molecule has 1 heterocycles. The van der Waals surface area contributed by atoms with Crippen LogP contribution in [0, 0.1) is 6.92 Å². The number of nitrogens with zero attached hydrogens (tertiary/aromatic N) is 2. The van der Waals surface area contributed by atoms with Crippen LogP contribution in [0.25, 0.3) is 0 Å². The second kappa shape index (κ2) is 9.10. The summed E-state index contributed by atoms with van der Waals surface area (Å²) in [5, 5.41) is 5.77. The maximum absolute atomic E-state index is 12.6. The monoisotopic (exact) mass is 354 g/mol. The third-order valence-corrected chi connectivity index (χ3v) is 4.09. The highest BCUT2D eigenvalue weighted by Gasteiger charge is 2.14. The van der Waals surface area contributed by atoms with Crippen LogP contribution < -0.4 is 10.6 Å². The van der Waals surface area contributed by atoms with Crippen LogP contribution in [-0.4, -0.2) is 48.9 Å². The molecule has 0 radical (unpaired) electrons. The van der Waals surface area contributed by atoms with Crippen LogP contribution in [0.3, 0.4) is 0 Å². The van der Waals surface area contributed by atoms with Crippen molar-refractivity contribution in [2.75, 3.05) is 32.5 Å². The lowest BCUT2D eigenvalue weighted by Crippen LogP contribution is -2.31. The molecule has 0 atom stereocenters. The second-order valence-corrected chi connectivity index (χ2v) is 6.44. The Bertz CT molecular complexity index is 787. The molecule has 2 N–H and O–H groups in total. The number of nitrogens with one attached hydrogen (secondary N) is 2. The molecule has 0 spiro atoms. The molecule has 2 amide bonds. The Balaban J connectivity index is 2.12. The lowest BCUT2D eigenvalue weighted by atomic mass is 10.1. The maximum atomic E-state index is 12.6. The molecular weight excluding hydrogens is 328 g/mol. The van der Waals surface area contributed by atoms with Crippen molar-refractivity contribution in [3.05, 3.63) is 58.9 Å². The van der Waals surface area contributed by atoms with E-state index in [0.29, 0.717) is 17.7 Å². The number of aromatic nitrogens is 1. The van der Waals surface area contributed by atoms with Gasteiger partial charge in [0.15, 0.2) is 0 Å². The summed E-state index contributed by atoms with van der Waals surface area (Å²) in [7, 11) is 3.88. The van der Waals surface area contributed by atoms with Crippen LogP contribution in [0.4, 0.5) is 5.69 Å². The first-order chi connectivity index (χ1) is 12.4. The maximum Gasteiger partial charge on any atom is 0.257 e. The van der Waals surface area contributed by atoms with Crippen molar-refractivity contribution >= 4 is 17.5 Å². The Kier molecular flexibility index (Phi) is 6.86. The highest BCUT2D eigenvalue weighted by Crippen LogP contribution is 2.21. The molecule has 2 rings (SSSR count). The Morgan fingerprint density at radius 3 is 2.46 bits per heavy atom. The van der Waals surface area contributed by atoms with Gasteiger partial charge < -0.3 is 15.5 Å². The van der Waals surface area contributed by atoms with Crippen molar-refractivity contribution in [2.24, 2.45) is 0 Å². The molecule has 0 bridgehead atoms. The molecule has 6 nitrogen and oxygen atoms in total. The van der Waals surface area contributed by atoms with Crippen molar-refractivity contribution in [2.45, 2.75) is 20.3 Å². The van der Waals surface area contributed by atoms with E-state index in [1.54, 1.807) is 6.07 Å². The third kappa shape index (κ3) is 5.13. The summed E-state index contributed by atoms with van der Waals surface area (Å²) in [6.45, 7) is 5.28. The molecule has 0 unspecified atom stereocenters. The van der Waals surface area contributed by atoms with Crippen LogP contribution in [-0.2, 0) is 6.42 Å². The number of para-hydroxylation sites is 1. The number of likely N-dealkylation sites (N-methyl/N-ethyl adjacent to an activating group) is 1. The molecule has 0 fully saturated rings. The highest BCUT2D eigenvalue weighted by molar-refractivity contribution is 6.06. The van der Waals surface area contributed by atoms with E-state index in [9.17, 15) is 9.59 Å². The van der Waals surface area contributed by atoms with Gasteiger partial charge in [-0.2, -0.15) is 0 Å². The molecule has 0 aliphatic rings. The number of aryl methyl sites for hydroxylation is 2. The van der Waals surface area contributed by atoms with E-state index in [-0.39, 0.29) is 11.8 Å². The van der Waals surface area contributed by atoms with Gasteiger partial charge in [0.1, 0.15) is 0 Å². The van der Waals surface area contributed by atoms with Crippen LogP contribution in [0.15, 0.2) is 36.7 Å². The van der Waals surface area contributed by atoms with Gasteiger partial charge in [-0.25, -0.2) is 0 Å². The third-order valence-electron chi connectivity index (χ3n) is 4.09. The zero-order chi connectivity index (χ0) is 19.1. The zero-order valence-electron chi connectivity index (χ0n) is 15.8. The Labute approximate surface area is 154 Å². The Morgan fingerprint density at radius 2 is 1.81 bits per heavy atom. The lowest BCUT2D eigenvalue weighted by molar-refractivity contribution is 0.0950. The topological polar surface area (TPSA) is 74.3 Å². The molecule has 1 aromatic heterocycles. The van der Waals surface area contributed by atoms with Gasteiger partial charge in [0.05, 0.1) is 11.1 Å². The van der Waals surface area contributed by atoms with E-state index < -0.39 is 0 Å². The molecule has 0 aliphatic heterocycles. The van der Waals surface area contributed by atoms with Crippen molar-refractivity contribution in [1.82, 2.24) is 15.2 Å². The average molecular weight is 354 g/mol. The summed E-state index contributed by atoms with van der Waals surface area (Å²) in [5.74, 6) is -0.511. The Hall–Kier alpha value is -2.73. The fourth-order valence-electron chi connectivity index (χ4n) is 2.57. The average Bonchev–Trinajstić information content (AvgIpc) is 2.63. The molecule has 6 heteroatoms. The smallest absolute Gasteiger partial charge is 0.257 e. The van der Waals surface area contributed by atoms with Crippen molar-refractivity contribution < 1.29 is 9.59 Å². The van der Waals surface area contributed by atoms with Gasteiger partial charge in [-0.05, 0) is 44.6 Å². The fraction of sp³-hybridized carbons (Fsp3) is 0.350. The van der Waals surface area contributed by atoms with Crippen molar-refractivity contribution in [3.63, 3.8) is 0 Å². The number of carbonyl (C=O) groups excluding carboxylic acids is 2. The van der Waals surface area contributed by atoms with E-state index in [4.69, 9.17) is 0 Å². The second-order valence-electron chi connectivity index (χ2n) is 6.44. The summed E-state index contributed by atoms with van der Waals surface area (Å²) in [5.41, 5.74) is 3.63. The zero-order valence-corrected chi connectivity index (χ0v) is 15.8. The minimum atomic E-state index is -0.274. The summed E-state index contributed by atoms with van der Waals surface area (Å²) >= 11 is 0. The molecule has 2 aromatic rings. The van der Waals surface area contributed by atoms with Gasteiger partial charge in [0.25, 0.3) is 11.8 Å². The number of benzene rings is 1. The first-order valence-electron chi connectivity index (χ1n) is 8.70. The van der Waals surface area contributed by atoms with Crippen molar-refractivity contribution in [3.8, 4) is 0 Å². The molecule has 1 aromatic carbocycles. The molecule has 26 heavy (non-hydrogen) atoms. The summed E-state index contributed by atoms with van der Waals surface area (Å²) in [4.78, 5) is 30.9. The number of pyridine rings is 1. The number of hydrogen-bond donors (Lipinski definition) is 2. The minimum Gasteiger partial charge on any atom is -0.351 e. The largest absolute Gasteiger partial charge is 0.351 e. The first-order valence-corrected chi connectivity index (χ1v) is 8.70. The van der Waals surface area contributed by atoms with Crippen LogP contribution in [0.2, 0.25) is 0 Å². The normalized spacial score (nSPS) is 10.7. The van der Waals surface area contributed by atoms with Crippen molar-refractivity contribution in [1.29, 1.82) is 0 Å². The summed E-state index contributed by atoms with van der Waals surface area (Å²) in [6, 6.07) is 7.50. The predicted molar refractivity (Wildman–Crippen MR) is 104 cm³/mol. The standard InChI is InChI=1S/C20H26N4O2/c1-5-15-8-6-7-14(2)18(15)23-20(26)17-11-16(12-21-13-17)19(25)22-9-10-24(3)4/h6-8,11-13H,5,9-10H2,1-4H3,(H,22,25)(H,23,26). The van der Waals surface area contributed by atoms with Gasteiger partial charge in [-0.15, -0.1) is 0 Å². The van der Waals surface area contributed by atoms with Crippen LogP contribution >= 0.6 is 0 Å². The number of anilines is 1. The molecule has 138 valence electrons. The number of hydrogen-bond acceptors (Lipinski definition) is 4. The minimum absolute atomic E-state index is 0.237. The highest BCUT2D eigenvalue weighted by atomic mass is 16.2. The number of rotatable bonds is 7. The van der Waals surface area contributed by atoms with E-state index in [1.165, 1.54) is 12.4 Å². The van der Waals surface area contributed by atoms with Crippen LogP contribution in [0.1, 0.15) is 38.8 Å². The van der Waals surface area contributed by atoms with Gasteiger partial charge in [-0.1, -0.05) is 25.1 Å². The van der Waals surface area contributed by atoms with Crippen LogP contribution in [0.5, 0.6) is 0 Å². The molecule has 0 saturated carbocycles. The van der Waals surface area contributed by atoms with Gasteiger partial charge in [-0.3, -0.25) is 14.6 Å². The fourth-order valence-corrected chi connectivity index (χ4v) is 2.57. The summed E-state index contributed by atoms with van der Waals surface area (Å²) < 4.78 is 0. The Morgan fingerprint density at radius 1 is 1.12 bits per heavy atom. The van der Waals surface area contributed by atoms with E-state index in [0.717, 1.165) is 29.8 Å². The van der Waals surface area contributed by atoms with Gasteiger partial charge >= 0.3 is 0 Å².